The number of hydrogen-bond acceptors (Lipinski definition) is 5. The number of carbonyl (C=O) groups is 1. The Balaban J connectivity index is 1.46. The van der Waals surface area contributed by atoms with Crippen LogP contribution < -0.4 is 5.32 Å². The van der Waals surface area contributed by atoms with Crippen LogP contribution in [0.5, 0.6) is 0 Å². The van der Waals surface area contributed by atoms with Crippen molar-refractivity contribution in [2.75, 3.05) is 39.9 Å². The summed E-state index contributed by atoms with van der Waals surface area (Å²) in [6.45, 7) is 6.62. The fraction of sp³-hybridized carbons (Fsp3) is 0.524. The Kier molecular flexibility index (Phi) is 7.01. The van der Waals surface area contributed by atoms with E-state index in [9.17, 15) is 4.79 Å². The Hall–Kier alpha value is -2.18. The van der Waals surface area contributed by atoms with Crippen LogP contribution in [0, 0.1) is 5.92 Å². The van der Waals surface area contributed by atoms with Crippen molar-refractivity contribution in [2.45, 2.75) is 25.7 Å². The molecule has 27 heavy (non-hydrogen) atoms. The van der Waals surface area contributed by atoms with Crippen molar-refractivity contribution in [3.63, 3.8) is 0 Å². The van der Waals surface area contributed by atoms with Crippen LogP contribution >= 0.6 is 0 Å². The standard InChI is InChI=1S/C21H29N3O3/c1-16(18-6-4-3-5-7-18)19-14-20(27-23-19)21(25)22-15-17-8-10-24(11-9-17)12-13-26-2/h3-7,14,16-17H,8-13,15H2,1-2H3,(H,22,25). The van der Waals surface area contributed by atoms with Crippen LogP contribution in [0.3, 0.4) is 0 Å². The molecule has 2 aromatic rings. The van der Waals surface area contributed by atoms with Gasteiger partial charge < -0.3 is 19.5 Å². The number of methoxy groups -OCH3 is 1. The van der Waals surface area contributed by atoms with Crippen LogP contribution in [0.1, 0.15) is 47.5 Å². The van der Waals surface area contributed by atoms with Gasteiger partial charge in [-0.3, -0.25) is 4.79 Å². The van der Waals surface area contributed by atoms with E-state index in [1.165, 1.54) is 0 Å². The molecule has 1 N–H and O–H groups in total. The molecular weight excluding hydrogens is 342 g/mol. The van der Waals surface area contributed by atoms with Gasteiger partial charge in [0.2, 0.25) is 5.76 Å². The monoisotopic (exact) mass is 371 g/mol. The molecule has 1 fully saturated rings. The van der Waals surface area contributed by atoms with Crippen molar-refractivity contribution in [2.24, 2.45) is 5.92 Å². The Morgan fingerprint density at radius 1 is 1.33 bits per heavy atom. The first kappa shape index (κ1) is 19.6. The zero-order valence-corrected chi connectivity index (χ0v) is 16.2. The number of piperidine rings is 1. The van der Waals surface area contributed by atoms with Crippen molar-refractivity contribution < 1.29 is 14.1 Å². The summed E-state index contributed by atoms with van der Waals surface area (Å²) >= 11 is 0. The van der Waals surface area contributed by atoms with Crippen LogP contribution in [0.4, 0.5) is 0 Å². The van der Waals surface area contributed by atoms with E-state index in [1.807, 2.05) is 18.2 Å². The Bertz CT molecular complexity index is 708. The molecule has 0 bridgehead atoms. The fourth-order valence-electron chi connectivity index (χ4n) is 3.47. The van der Waals surface area contributed by atoms with E-state index in [1.54, 1.807) is 13.2 Å². The number of carbonyl (C=O) groups excluding carboxylic acids is 1. The maximum Gasteiger partial charge on any atom is 0.289 e. The molecule has 0 saturated carbocycles. The van der Waals surface area contributed by atoms with Gasteiger partial charge in [0.15, 0.2) is 0 Å². The summed E-state index contributed by atoms with van der Waals surface area (Å²) in [7, 11) is 1.73. The zero-order valence-electron chi connectivity index (χ0n) is 16.2. The molecule has 2 heterocycles. The molecule has 0 radical (unpaired) electrons. The third kappa shape index (κ3) is 5.40. The predicted molar refractivity (Wildman–Crippen MR) is 104 cm³/mol. The summed E-state index contributed by atoms with van der Waals surface area (Å²) in [5.74, 6) is 0.701. The van der Waals surface area contributed by atoms with Crippen LogP contribution in [0.25, 0.3) is 0 Å². The SMILES string of the molecule is COCCN1CCC(CNC(=O)c2cc(C(C)c3ccccc3)no2)CC1. The number of hydrogen-bond donors (Lipinski definition) is 1. The number of nitrogens with zero attached hydrogens (tertiary/aromatic N) is 2. The number of rotatable bonds is 8. The zero-order chi connectivity index (χ0) is 19.1. The molecule has 0 spiro atoms. The molecule has 1 amide bonds. The summed E-state index contributed by atoms with van der Waals surface area (Å²) in [6, 6.07) is 11.8. The molecular formula is C21H29N3O3. The van der Waals surface area contributed by atoms with Gasteiger partial charge in [-0.2, -0.15) is 0 Å². The minimum Gasteiger partial charge on any atom is -0.383 e. The van der Waals surface area contributed by atoms with Gasteiger partial charge >= 0.3 is 0 Å². The van der Waals surface area contributed by atoms with Gasteiger partial charge in [0.05, 0.1) is 12.3 Å². The van der Waals surface area contributed by atoms with Crippen molar-refractivity contribution in [1.82, 2.24) is 15.4 Å². The molecule has 1 atom stereocenters. The third-order valence-electron chi connectivity index (χ3n) is 5.37. The smallest absolute Gasteiger partial charge is 0.289 e. The molecule has 3 rings (SSSR count). The molecule has 1 aromatic carbocycles. The predicted octanol–water partition coefficient (Wildman–Crippen LogP) is 2.91. The number of nitrogens with one attached hydrogen (secondary N) is 1. The first-order valence-electron chi connectivity index (χ1n) is 9.68. The van der Waals surface area contributed by atoms with Gasteiger partial charge in [-0.15, -0.1) is 0 Å². The lowest BCUT2D eigenvalue weighted by Gasteiger charge is -2.31. The van der Waals surface area contributed by atoms with Crippen molar-refractivity contribution in [3.05, 3.63) is 53.4 Å². The highest BCUT2D eigenvalue weighted by atomic mass is 16.5. The van der Waals surface area contributed by atoms with E-state index in [0.29, 0.717) is 12.5 Å². The largest absolute Gasteiger partial charge is 0.383 e. The van der Waals surface area contributed by atoms with Crippen molar-refractivity contribution >= 4 is 5.91 Å². The maximum absolute atomic E-state index is 12.4. The second-order valence-corrected chi connectivity index (χ2v) is 7.24. The maximum atomic E-state index is 12.4. The van der Waals surface area contributed by atoms with Gasteiger partial charge in [0, 0.05) is 32.2 Å². The molecule has 1 saturated heterocycles. The highest BCUT2D eigenvalue weighted by Crippen LogP contribution is 2.23. The van der Waals surface area contributed by atoms with E-state index in [0.717, 1.165) is 50.3 Å². The topological polar surface area (TPSA) is 67.6 Å². The molecule has 0 aliphatic carbocycles. The molecule has 1 unspecified atom stereocenters. The van der Waals surface area contributed by atoms with E-state index in [4.69, 9.17) is 9.26 Å². The summed E-state index contributed by atoms with van der Waals surface area (Å²) in [4.78, 5) is 14.8. The van der Waals surface area contributed by atoms with Crippen LogP contribution in [0.15, 0.2) is 40.9 Å². The average molecular weight is 371 g/mol. The van der Waals surface area contributed by atoms with Gasteiger partial charge in [-0.1, -0.05) is 42.4 Å². The van der Waals surface area contributed by atoms with E-state index in [-0.39, 0.29) is 17.6 Å². The number of aromatic nitrogens is 1. The van der Waals surface area contributed by atoms with Crippen LogP contribution in [-0.4, -0.2) is 55.9 Å². The summed E-state index contributed by atoms with van der Waals surface area (Å²) < 4.78 is 10.4. The normalized spacial score (nSPS) is 17.0. The minimum absolute atomic E-state index is 0.0907. The average Bonchev–Trinajstić information content (AvgIpc) is 3.21. The lowest BCUT2D eigenvalue weighted by atomic mass is 9.96. The van der Waals surface area contributed by atoms with Gasteiger partial charge in [-0.05, 0) is 37.4 Å². The molecule has 1 aliphatic rings. The van der Waals surface area contributed by atoms with E-state index in [2.05, 4.69) is 34.4 Å². The van der Waals surface area contributed by atoms with Crippen LogP contribution in [-0.2, 0) is 4.74 Å². The van der Waals surface area contributed by atoms with Crippen LogP contribution in [0.2, 0.25) is 0 Å². The van der Waals surface area contributed by atoms with Gasteiger partial charge in [0.1, 0.15) is 0 Å². The second-order valence-electron chi connectivity index (χ2n) is 7.24. The first-order valence-corrected chi connectivity index (χ1v) is 9.68. The minimum atomic E-state index is -0.184. The first-order chi connectivity index (χ1) is 13.2. The second kappa shape index (κ2) is 9.67. The summed E-state index contributed by atoms with van der Waals surface area (Å²) in [5, 5.41) is 7.10. The lowest BCUT2D eigenvalue weighted by molar-refractivity contribution is 0.0890. The summed E-state index contributed by atoms with van der Waals surface area (Å²) in [5.41, 5.74) is 1.93. The van der Waals surface area contributed by atoms with Gasteiger partial charge in [0.25, 0.3) is 5.91 Å². The Morgan fingerprint density at radius 3 is 2.78 bits per heavy atom. The number of benzene rings is 1. The Morgan fingerprint density at radius 2 is 2.07 bits per heavy atom. The highest BCUT2D eigenvalue weighted by Gasteiger charge is 2.21. The van der Waals surface area contributed by atoms with E-state index >= 15 is 0 Å². The van der Waals surface area contributed by atoms with E-state index < -0.39 is 0 Å². The third-order valence-corrected chi connectivity index (χ3v) is 5.37. The molecule has 6 nitrogen and oxygen atoms in total. The molecule has 146 valence electrons. The number of ether oxygens (including phenoxy) is 1. The number of amides is 1. The molecule has 6 heteroatoms. The molecule has 1 aliphatic heterocycles. The summed E-state index contributed by atoms with van der Waals surface area (Å²) in [6.07, 6.45) is 2.19. The lowest BCUT2D eigenvalue weighted by Crippen LogP contribution is -2.39. The Labute approximate surface area is 160 Å². The molecule has 1 aromatic heterocycles. The van der Waals surface area contributed by atoms with Crippen molar-refractivity contribution in [3.8, 4) is 0 Å². The quantitative estimate of drug-likeness (QED) is 0.773. The fourth-order valence-corrected chi connectivity index (χ4v) is 3.47. The van der Waals surface area contributed by atoms with Gasteiger partial charge in [-0.25, -0.2) is 0 Å². The highest BCUT2D eigenvalue weighted by molar-refractivity contribution is 5.91. The number of likely N-dealkylation sites (tertiary alicyclic amines) is 1. The van der Waals surface area contributed by atoms with Crippen molar-refractivity contribution in [1.29, 1.82) is 0 Å².